The molecule has 1 unspecified atom stereocenters. The highest BCUT2D eigenvalue weighted by Crippen LogP contribution is 2.14. The van der Waals surface area contributed by atoms with Gasteiger partial charge in [-0.05, 0) is 19.8 Å². The second-order valence-corrected chi connectivity index (χ2v) is 4.82. The zero-order chi connectivity index (χ0) is 10.8. The Morgan fingerprint density at radius 3 is 2.79 bits per heavy atom. The summed E-state index contributed by atoms with van der Waals surface area (Å²) in [7, 11) is 0. The molecule has 0 saturated carbocycles. The molecule has 0 radical (unpaired) electrons. The summed E-state index contributed by atoms with van der Waals surface area (Å²) in [6.07, 6.45) is 1.14. The summed E-state index contributed by atoms with van der Waals surface area (Å²) < 4.78 is 0. The molecule has 0 aromatic carbocycles. The normalized spacial score (nSPS) is 23.7. The minimum absolute atomic E-state index is 0.240. The molecule has 3 nitrogen and oxygen atoms in total. The van der Waals surface area contributed by atoms with E-state index in [0.717, 1.165) is 26.1 Å². The van der Waals surface area contributed by atoms with E-state index in [-0.39, 0.29) is 11.4 Å². The van der Waals surface area contributed by atoms with E-state index in [1.807, 2.05) is 18.7 Å². The van der Waals surface area contributed by atoms with Crippen molar-refractivity contribution in [3.05, 3.63) is 0 Å². The number of amides is 1. The Morgan fingerprint density at radius 2 is 2.21 bits per heavy atom. The van der Waals surface area contributed by atoms with Gasteiger partial charge in [-0.2, -0.15) is 0 Å². The number of carbonyl (C=O) groups excluding carboxylic acids is 1. The second-order valence-electron chi connectivity index (χ2n) is 4.82. The van der Waals surface area contributed by atoms with Crippen molar-refractivity contribution in [2.45, 2.75) is 39.7 Å². The molecule has 1 heterocycles. The highest BCUT2D eigenvalue weighted by molar-refractivity contribution is 5.86. The molecule has 14 heavy (non-hydrogen) atoms. The van der Waals surface area contributed by atoms with Gasteiger partial charge in [0.2, 0.25) is 5.91 Å². The van der Waals surface area contributed by atoms with Gasteiger partial charge in [0, 0.05) is 19.6 Å². The smallest absolute Gasteiger partial charge is 0.242 e. The summed E-state index contributed by atoms with van der Waals surface area (Å²) in [4.78, 5) is 14.0. The molecule has 1 aliphatic rings. The van der Waals surface area contributed by atoms with Crippen molar-refractivity contribution in [3.8, 4) is 0 Å². The quantitative estimate of drug-likeness (QED) is 0.740. The highest BCUT2D eigenvalue weighted by Gasteiger charge is 2.35. The van der Waals surface area contributed by atoms with Crippen LogP contribution in [0.1, 0.15) is 34.1 Å². The third-order valence-electron chi connectivity index (χ3n) is 3.00. The van der Waals surface area contributed by atoms with Crippen LogP contribution in [0, 0.1) is 5.92 Å². The molecule has 0 aromatic rings. The van der Waals surface area contributed by atoms with E-state index in [4.69, 9.17) is 0 Å². The third-order valence-corrected chi connectivity index (χ3v) is 3.00. The number of nitrogens with zero attached hydrogens (tertiary/aromatic N) is 1. The maximum absolute atomic E-state index is 12.0. The van der Waals surface area contributed by atoms with Crippen LogP contribution in [0.3, 0.4) is 0 Å². The largest absolute Gasteiger partial charge is 0.340 e. The van der Waals surface area contributed by atoms with Crippen LogP contribution >= 0.6 is 0 Å². The predicted molar refractivity (Wildman–Crippen MR) is 58.1 cm³/mol. The molecule has 1 N–H and O–H groups in total. The average molecular weight is 198 g/mol. The average Bonchev–Trinajstić information content (AvgIpc) is 2.12. The molecule has 3 heteroatoms. The van der Waals surface area contributed by atoms with Gasteiger partial charge in [0.05, 0.1) is 5.54 Å². The van der Waals surface area contributed by atoms with E-state index < -0.39 is 0 Å². The fourth-order valence-corrected chi connectivity index (χ4v) is 1.76. The lowest BCUT2D eigenvalue weighted by molar-refractivity contribution is -0.140. The Hall–Kier alpha value is -0.570. The summed E-state index contributed by atoms with van der Waals surface area (Å²) in [5.41, 5.74) is -0.369. The lowest BCUT2D eigenvalue weighted by Gasteiger charge is -2.39. The summed E-state index contributed by atoms with van der Waals surface area (Å²) in [5.74, 6) is 0.844. The van der Waals surface area contributed by atoms with E-state index in [1.54, 1.807) is 0 Å². The molecule has 0 aliphatic carbocycles. The van der Waals surface area contributed by atoms with Crippen LogP contribution < -0.4 is 5.32 Å². The van der Waals surface area contributed by atoms with Crippen LogP contribution in [-0.2, 0) is 4.79 Å². The van der Waals surface area contributed by atoms with Crippen molar-refractivity contribution in [1.82, 2.24) is 10.2 Å². The number of rotatable bonds is 3. The van der Waals surface area contributed by atoms with Gasteiger partial charge in [0.1, 0.15) is 0 Å². The molecule has 0 spiro atoms. The Bertz CT molecular complexity index is 213. The van der Waals surface area contributed by atoms with Gasteiger partial charge in [0.25, 0.3) is 0 Å². The number of hydrogen-bond donors (Lipinski definition) is 1. The fourth-order valence-electron chi connectivity index (χ4n) is 1.76. The van der Waals surface area contributed by atoms with Crippen LogP contribution in [-0.4, -0.2) is 36.0 Å². The zero-order valence-electron chi connectivity index (χ0n) is 9.76. The third kappa shape index (κ3) is 2.47. The summed E-state index contributed by atoms with van der Waals surface area (Å²) in [5, 5.41) is 3.24. The molecule has 1 aliphatic heterocycles. The van der Waals surface area contributed by atoms with Crippen LogP contribution in [0.25, 0.3) is 0 Å². The molecule has 1 fully saturated rings. The number of nitrogens with one attached hydrogen (secondary N) is 1. The summed E-state index contributed by atoms with van der Waals surface area (Å²) >= 11 is 0. The van der Waals surface area contributed by atoms with Gasteiger partial charge in [-0.1, -0.05) is 20.3 Å². The first-order valence-electron chi connectivity index (χ1n) is 5.51. The van der Waals surface area contributed by atoms with E-state index in [9.17, 15) is 4.79 Å². The van der Waals surface area contributed by atoms with Crippen LogP contribution in [0.5, 0.6) is 0 Å². The molecular formula is C11H22N2O. The van der Waals surface area contributed by atoms with E-state index in [2.05, 4.69) is 19.2 Å². The SMILES string of the molecule is CCC(C)CN1CCNC(C)(C)C1=O. The standard InChI is InChI=1S/C11H22N2O/c1-5-9(2)8-13-7-6-12-11(3,4)10(13)14/h9,12H,5-8H2,1-4H3. The van der Waals surface area contributed by atoms with Crippen molar-refractivity contribution in [3.63, 3.8) is 0 Å². The summed E-state index contributed by atoms with van der Waals surface area (Å²) in [6, 6.07) is 0. The molecule has 1 saturated heterocycles. The Morgan fingerprint density at radius 1 is 1.57 bits per heavy atom. The van der Waals surface area contributed by atoms with Gasteiger partial charge in [-0.15, -0.1) is 0 Å². The van der Waals surface area contributed by atoms with Crippen molar-refractivity contribution >= 4 is 5.91 Å². The van der Waals surface area contributed by atoms with E-state index in [1.165, 1.54) is 0 Å². The Balaban J connectivity index is 2.57. The molecule has 82 valence electrons. The minimum atomic E-state index is -0.369. The van der Waals surface area contributed by atoms with Gasteiger partial charge in [0.15, 0.2) is 0 Å². The van der Waals surface area contributed by atoms with Crippen LogP contribution in [0.15, 0.2) is 0 Å². The van der Waals surface area contributed by atoms with Crippen molar-refractivity contribution in [2.75, 3.05) is 19.6 Å². The Labute approximate surface area is 86.9 Å². The van der Waals surface area contributed by atoms with Crippen LogP contribution in [0.4, 0.5) is 0 Å². The van der Waals surface area contributed by atoms with E-state index >= 15 is 0 Å². The first kappa shape index (κ1) is 11.5. The number of carbonyl (C=O) groups is 1. The molecular weight excluding hydrogens is 176 g/mol. The highest BCUT2D eigenvalue weighted by atomic mass is 16.2. The van der Waals surface area contributed by atoms with Gasteiger partial charge in [-0.3, -0.25) is 4.79 Å². The lowest BCUT2D eigenvalue weighted by atomic mass is 9.99. The van der Waals surface area contributed by atoms with Crippen molar-refractivity contribution < 1.29 is 4.79 Å². The van der Waals surface area contributed by atoms with Crippen molar-refractivity contribution in [1.29, 1.82) is 0 Å². The van der Waals surface area contributed by atoms with E-state index in [0.29, 0.717) is 5.92 Å². The van der Waals surface area contributed by atoms with Crippen LogP contribution in [0.2, 0.25) is 0 Å². The molecule has 0 aromatic heterocycles. The topological polar surface area (TPSA) is 32.3 Å². The maximum Gasteiger partial charge on any atom is 0.242 e. The molecule has 0 bridgehead atoms. The summed E-state index contributed by atoms with van der Waals surface area (Å²) in [6.45, 7) is 10.9. The van der Waals surface area contributed by atoms with Gasteiger partial charge >= 0.3 is 0 Å². The zero-order valence-corrected chi connectivity index (χ0v) is 9.76. The Kier molecular flexibility index (Phi) is 3.53. The molecule has 1 atom stereocenters. The predicted octanol–water partition coefficient (Wildman–Crippen LogP) is 1.24. The number of hydrogen-bond acceptors (Lipinski definition) is 2. The first-order chi connectivity index (χ1) is 6.47. The second kappa shape index (κ2) is 4.30. The number of piperazine rings is 1. The fraction of sp³-hybridized carbons (Fsp3) is 0.909. The van der Waals surface area contributed by atoms with Gasteiger partial charge < -0.3 is 10.2 Å². The lowest BCUT2D eigenvalue weighted by Crippen LogP contribution is -2.61. The van der Waals surface area contributed by atoms with Gasteiger partial charge in [-0.25, -0.2) is 0 Å². The monoisotopic (exact) mass is 198 g/mol. The van der Waals surface area contributed by atoms with Crippen molar-refractivity contribution in [2.24, 2.45) is 5.92 Å². The maximum atomic E-state index is 12.0. The molecule has 1 rings (SSSR count). The minimum Gasteiger partial charge on any atom is -0.340 e. The first-order valence-corrected chi connectivity index (χ1v) is 5.51. The molecule has 1 amide bonds.